The van der Waals surface area contributed by atoms with Crippen LogP contribution in [0, 0.1) is 17.2 Å². The molecular formula is C14H25N3OS. The number of nitrogens with zero attached hydrogens (tertiary/aromatic N) is 2. The number of amides is 1. The quantitative estimate of drug-likeness (QED) is 0.856. The number of carbonyl (C=O) groups excluding carboxylic acids is 1. The van der Waals surface area contributed by atoms with Crippen molar-refractivity contribution in [3.8, 4) is 6.07 Å². The van der Waals surface area contributed by atoms with Gasteiger partial charge in [-0.05, 0) is 26.7 Å². The smallest absolute Gasteiger partial charge is 0.235 e. The van der Waals surface area contributed by atoms with Crippen LogP contribution >= 0.6 is 11.8 Å². The van der Waals surface area contributed by atoms with Gasteiger partial charge in [-0.15, -0.1) is 0 Å². The summed E-state index contributed by atoms with van der Waals surface area (Å²) >= 11 is 1.93. The van der Waals surface area contributed by atoms with E-state index in [0.29, 0.717) is 6.54 Å². The van der Waals surface area contributed by atoms with Gasteiger partial charge < -0.3 is 5.32 Å². The van der Waals surface area contributed by atoms with E-state index in [-0.39, 0.29) is 17.4 Å². The van der Waals surface area contributed by atoms with Crippen molar-refractivity contribution in [1.82, 2.24) is 10.2 Å². The SMILES string of the molecule is CC(C)[C@@](C)(C#N)NC(=O)CN1CCSCC1(C)C. The van der Waals surface area contributed by atoms with E-state index in [9.17, 15) is 10.1 Å². The molecule has 1 heterocycles. The van der Waals surface area contributed by atoms with Crippen LogP contribution in [0.1, 0.15) is 34.6 Å². The molecule has 1 aliphatic heterocycles. The third-order valence-corrected chi connectivity index (χ3v) is 5.32. The molecule has 0 aromatic heterocycles. The summed E-state index contributed by atoms with van der Waals surface area (Å²) in [5, 5.41) is 12.1. The summed E-state index contributed by atoms with van der Waals surface area (Å²) in [5.74, 6) is 2.14. The number of carbonyl (C=O) groups is 1. The Kier molecular flexibility index (Phi) is 5.28. The number of nitrogens with one attached hydrogen (secondary N) is 1. The molecule has 1 N–H and O–H groups in total. The fraction of sp³-hybridized carbons (Fsp3) is 0.857. The van der Waals surface area contributed by atoms with Gasteiger partial charge in [0.25, 0.3) is 0 Å². The molecule has 0 spiro atoms. The van der Waals surface area contributed by atoms with Gasteiger partial charge in [0.05, 0.1) is 12.6 Å². The van der Waals surface area contributed by atoms with Crippen LogP contribution in [0.15, 0.2) is 0 Å². The maximum atomic E-state index is 12.2. The molecular weight excluding hydrogens is 258 g/mol. The second-order valence-corrected chi connectivity index (χ2v) is 7.41. The van der Waals surface area contributed by atoms with E-state index < -0.39 is 5.54 Å². The van der Waals surface area contributed by atoms with Crippen LogP contribution in [0.2, 0.25) is 0 Å². The fourth-order valence-corrected chi connectivity index (χ4v) is 3.16. The number of nitriles is 1. The minimum absolute atomic E-state index is 0.0428. The lowest BCUT2D eigenvalue weighted by molar-refractivity contribution is -0.125. The molecule has 0 aromatic carbocycles. The number of hydrogen-bond acceptors (Lipinski definition) is 4. The highest BCUT2D eigenvalue weighted by molar-refractivity contribution is 7.99. The van der Waals surface area contributed by atoms with Gasteiger partial charge in [-0.2, -0.15) is 17.0 Å². The van der Waals surface area contributed by atoms with Crippen molar-refractivity contribution >= 4 is 17.7 Å². The molecule has 0 radical (unpaired) electrons. The zero-order valence-corrected chi connectivity index (χ0v) is 13.4. The van der Waals surface area contributed by atoms with E-state index in [4.69, 9.17) is 0 Å². The highest BCUT2D eigenvalue weighted by Gasteiger charge is 2.34. The first kappa shape index (κ1) is 16.3. The molecule has 0 bridgehead atoms. The molecule has 0 saturated carbocycles. The predicted octanol–water partition coefficient (Wildman–Crippen LogP) is 1.87. The lowest BCUT2D eigenvalue weighted by atomic mass is 9.90. The van der Waals surface area contributed by atoms with Gasteiger partial charge in [0.1, 0.15) is 5.54 Å². The molecule has 0 aromatic rings. The largest absolute Gasteiger partial charge is 0.337 e. The summed E-state index contributed by atoms with van der Waals surface area (Å²) in [6, 6.07) is 2.21. The van der Waals surface area contributed by atoms with Gasteiger partial charge in [-0.3, -0.25) is 9.69 Å². The average molecular weight is 283 g/mol. The van der Waals surface area contributed by atoms with Crippen LogP contribution in [-0.2, 0) is 4.79 Å². The lowest BCUT2D eigenvalue weighted by Crippen LogP contribution is -2.57. The molecule has 19 heavy (non-hydrogen) atoms. The molecule has 1 amide bonds. The zero-order chi connectivity index (χ0) is 14.7. The Morgan fingerprint density at radius 3 is 2.68 bits per heavy atom. The minimum Gasteiger partial charge on any atom is -0.337 e. The third kappa shape index (κ3) is 4.12. The molecule has 1 aliphatic rings. The van der Waals surface area contributed by atoms with E-state index in [0.717, 1.165) is 18.1 Å². The van der Waals surface area contributed by atoms with E-state index in [1.54, 1.807) is 6.92 Å². The number of rotatable bonds is 4. The summed E-state index contributed by atoms with van der Waals surface area (Å²) in [6.45, 7) is 11.3. The lowest BCUT2D eigenvalue weighted by Gasteiger charge is -2.42. The van der Waals surface area contributed by atoms with E-state index in [2.05, 4.69) is 30.1 Å². The first-order valence-electron chi connectivity index (χ1n) is 6.76. The van der Waals surface area contributed by atoms with Crippen LogP contribution < -0.4 is 5.32 Å². The van der Waals surface area contributed by atoms with Crippen molar-refractivity contribution < 1.29 is 4.79 Å². The highest BCUT2D eigenvalue weighted by atomic mass is 32.2. The molecule has 5 heteroatoms. The fourth-order valence-electron chi connectivity index (χ4n) is 1.99. The normalized spacial score (nSPS) is 22.6. The van der Waals surface area contributed by atoms with Crippen molar-refractivity contribution in [2.75, 3.05) is 24.6 Å². The Bertz CT molecular complexity index is 375. The summed E-state index contributed by atoms with van der Waals surface area (Å²) in [5.41, 5.74) is -0.743. The van der Waals surface area contributed by atoms with Crippen LogP contribution in [0.5, 0.6) is 0 Å². The zero-order valence-electron chi connectivity index (χ0n) is 12.6. The molecule has 0 unspecified atom stereocenters. The van der Waals surface area contributed by atoms with Crippen LogP contribution in [0.25, 0.3) is 0 Å². The first-order valence-corrected chi connectivity index (χ1v) is 7.92. The second kappa shape index (κ2) is 6.15. The van der Waals surface area contributed by atoms with Gasteiger partial charge in [0, 0.05) is 23.6 Å². The molecule has 1 atom stereocenters. The van der Waals surface area contributed by atoms with Crippen LogP contribution in [-0.4, -0.2) is 46.5 Å². The maximum absolute atomic E-state index is 12.2. The van der Waals surface area contributed by atoms with Gasteiger partial charge in [0.2, 0.25) is 5.91 Å². The van der Waals surface area contributed by atoms with E-state index in [1.807, 2.05) is 25.6 Å². The summed E-state index contributed by atoms with van der Waals surface area (Å²) < 4.78 is 0. The Labute approximate surface area is 120 Å². The minimum atomic E-state index is -0.786. The summed E-state index contributed by atoms with van der Waals surface area (Å²) in [7, 11) is 0. The summed E-state index contributed by atoms with van der Waals surface area (Å²) in [6.07, 6.45) is 0. The van der Waals surface area contributed by atoms with Crippen molar-refractivity contribution in [3.63, 3.8) is 0 Å². The van der Waals surface area contributed by atoms with Crippen molar-refractivity contribution in [1.29, 1.82) is 5.26 Å². The average Bonchev–Trinajstić information content (AvgIpc) is 2.31. The van der Waals surface area contributed by atoms with Gasteiger partial charge in [-0.1, -0.05) is 13.8 Å². The third-order valence-electron chi connectivity index (χ3n) is 3.94. The second-order valence-electron chi connectivity index (χ2n) is 6.30. The van der Waals surface area contributed by atoms with E-state index in [1.165, 1.54) is 0 Å². The Morgan fingerprint density at radius 2 is 2.21 bits per heavy atom. The van der Waals surface area contributed by atoms with Crippen molar-refractivity contribution in [3.05, 3.63) is 0 Å². The Morgan fingerprint density at radius 1 is 1.58 bits per heavy atom. The number of hydrogen-bond donors (Lipinski definition) is 1. The molecule has 4 nitrogen and oxygen atoms in total. The molecule has 1 fully saturated rings. The molecule has 0 aliphatic carbocycles. The highest BCUT2D eigenvalue weighted by Crippen LogP contribution is 2.25. The molecule has 1 rings (SSSR count). The summed E-state index contributed by atoms with van der Waals surface area (Å²) in [4.78, 5) is 14.4. The Hall–Kier alpha value is -0.730. The van der Waals surface area contributed by atoms with Gasteiger partial charge >= 0.3 is 0 Å². The standard InChI is InChI=1S/C14H25N3OS/c1-11(2)14(5,9-15)16-12(18)8-17-6-7-19-10-13(17,3)4/h11H,6-8,10H2,1-5H3,(H,16,18)/t14-/m1/s1. The molecule has 108 valence electrons. The Balaban J connectivity index is 2.63. The van der Waals surface area contributed by atoms with Gasteiger partial charge in [-0.25, -0.2) is 0 Å². The van der Waals surface area contributed by atoms with E-state index >= 15 is 0 Å². The monoisotopic (exact) mass is 283 g/mol. The topological polar surface area (TPSA) is 56.1 Å². The van der Waals surface area contributed by atoms with Crippen LogP contribution in [0.3, 0.4) is 0 Å². The van der Waals surface area contributed by atoms with Gasteiger partial charge in [0.15, 0.2) is 0 Å². The maximum Gasteiger partial charge on any atom is 0.235 e. The predicted molar refractivity (Wildman–Crippen MR) is 80.0 cm³/mol. The molecule has 1 saturated heterocycles. The first-order chi connectivity index (χ1) is 8.71. The number of thioether (sulfide) groups is 1. The van der Waals surface area contributed by atoms with Crippen molar-refractivity contribution in [2.45, 2.75) is 45.7 Å². The van der Waals surface area contributed by atoms with Crippen molar-refractivity contribution in [2.24, 2.45) is 5.92 Å². The van der Waals surface area contributed by atoms with Crippen LogP contribution in [0.4, 0.5) is 0 Å².